The Morgan fingerprint density at radius 3 is 2.73 bits per heavy atom. The Balaban J connectivity index is 1.62. The molecule has 1 N–H and O–H groups in total. The number of rotatable bonds is 4. The molecule has 0 aliphatic carbocycles. The maximum absolute atomic E-state index is 8.98. The number of anilines is 2. The Morgan fingerprint density at radius 1 is 1.18 bits per heavy atom. The van der Waals surface area contributed by atoms with Crippen LogP contribution in [0.4, 0.5) is 11.6 Å². The summed E-state index contributed by atoms with van der Waals surface area (Å²) in [6, 6.07) is 6.04. The van der Waals surface area contributed by atoms with Crippen molar-refractivity contribution in [2.75, 3.05) is 36.5 Å². The van der Waals surface area contributed by atoms with Gasteiger partial charge in [-0.15, -0.1) is 0 Å². The van der Waals surface area contributed by atoms with Crippen LogP contribution in [-0.4, -0.2) is 41.3 Å². The van der Waals surface area contributed by atoms with Gasteiger partial charge in [-0.3, -0.25) is 0 Å². The first kappa shape index (κ1) is 14.2. The molecule has 0 radical (unpaired) electrons. The lowest BCUT2D eigenvalue weighted by atomic mass is 10.2. The van der Waals surface area contributed by atoms with Crippen molar-refractivity contribution >= 4 is 11.6 Å². The minimum atomic E-state index is 0.292. The van der Waals surface area contributed by atoms with Gasteiger partial charge in [-0.1, -0.05) is 6.07 Å². The van der Waals surface area contributed by atoms with Crippen molar-refractivity contribution in [3.8, 4) is 6.07 Å². The molecule has 1 saturated heterocycles. The molecular weight excluding hydrogens is 280 g/mol. The molecule has 3 rings (SSSR count). The second-order valence-corrected chi connectivity index (χ2v) is 4.84. The Bertz CT molecular complexity index is 660. The summed E-state index contributed by atoms with van der Waals surface area (Å²) in [6.45, 7) is 3.78. The van der Waals surface area contributed by atoms with Gasteiger partial charge in [0.05, 0.1) is 13.2 Å². The largest absolute Gasteiger partial charge is 0.378 e. The second-order valence-electron chi connectivity index (χ2n) is 4.84. The molecule has 3 heterocycles. The highest BCUT2D eigenvalue weighted by atomic mass is 16.5. The highest BCUT2D eigenvalue weighted by Gasteiger charge is 2.12. The molecule has 1 aliphatic heterocycles. The summed E-state index contributed by atoms with van der Waals surface area (Å²) in [5.41, 5.74) is 1.31. The third-order valence-corrected chi connectivity index (χ3v) is 3.41. The number of morpholine rings is 1. The maximum Gasteiger partial charge on any atom is 0.182 e. The van der Waals surface area contributed by atoms with E-state index in [2.05, 4.69) is 25.2 Å². The van der Waals surface area contributed by atoms with Crippen LogP contribution in [0.15, 0.2) is 30.7 Å². The summed E-state index contributed by atoms with van der Waals surface area (Å²) in [6.07, 6.45) is 4.89. The Morgan fingerprint density at radius 2 is 2.00 bits per heavy atom. The molecule has 0 unspecified atom stereocenters. The number of hydrogen-bond acceptors (Lipinski definition) is 7. The first-order valence-electron chi connectivity index (χ1n) is 7.09. The lowest BCUT2D eigenvalue weighted by Crippen LogP contribution is -2.36. The number of nitrogens with zero attached hydrogens (tertiary/aromatic N) is 5. The van der Waals surface area contributed by atoms with E-state index in [1.54, 1.807) is 6.20 Å². The number of pyridine rings is 1. The molecule has 0 amide bonds. The van der Waals surface area contributed by atoms with Gasteiger partial charge in [-0.05, 0) is 11.6 Å². The molecule has 0 atom stereocenters. The van der Waals surface area contributed by atoms with Crippen LogP contribution >= 0.6 is 0 Å². The molecule has 2 aromatic heterocycles. The number of nitriles is 1. The van der Waals surface area contributed by atoms with E-state index in [1.807, 2.05) is 24.4 Å². The van der Waals surface area contributed by atoms with Crippen LogP contribution < -0.4 is 10.2 Å². The van der Waals surface area contributed by atoms with Crippen molar-refractivity contribution < 1.29 is 4.74 Å². The van der Waals surface area contributed by atoms with Crippen LogP contribution in [0.2, 0.25) is 0 Å². The number of aromatic nitrogens is 3. The van der Waals surface area contributed by atoms with Crippen LogP contribution in [-0.2, 0) is 11.3 Å². The predicted molar refractivity (Wildman–Crippen MR) is 81.3 cm³/mol. The fourth-order valence-corrected chi connectivity index (χ4v) is 2.24. The van der Waals surface area contributed by atoms with Crippen LogP contribution in [0.5, 0.6) is 0 Å². The normalized spacial score (nSPS) is 14.4. The van der Waals surface area contributed by atoms with E-state index in [1.165, 1.54) is 6.20 Å². The third kappa shape index (κ3) is 3.30. The maximum atomic E-state index is 8.98. The summed E-state index contributed by atoms with van der Waals surface area (Å²) in [4.78, 5) is 14.8. The fourth-order valence-electron chi connectivity index (χ4n) is 2.24. The number of hydrogen-bond donors (Lipinski definition) is 1. The highest BCUT2D eigenvalue weighted by Crippen LogP contribution is 2.14. The van der Waals surface area contributed by atoms with E-state index < -0.39 is 0 Å². The first-order chi connectivity index (χ1) is 10.9. The molecule has 0 saturated carbocycles. The van der Waals surface area contributed by atoms with E-state index in [0.29, 0.717) is 18.1 Å². The smallest absolute Gasteiger partial charge is 0.182 e. The van der Waals surface area contributed by atoms with Crippen LogP contribution in [0.3, 0.4) is 0 Å². The van der Waals surface area contributed by atoms with Gasteiger partial charge in [-0.25, -0.2) is 15.0 Å². The van der Waals surface area contributed by atoms with Crippen molar-refractivity contribution in [3.63, 3.8) is 0 Å². The van der Waals surface area contributed by atoms with E-state index in [4.69, 9.17) is 10.00 Å². The molecule has 22 heavy (non-hydrogen) atoms. The molecule has 1 aliphatic rings. The molecule has 0 aromatic carbocycles. The minimum absolute atomic E-state index is 0.292. The van der Waals surface area contributed by atoms with E-state index in [9.17, 15) is 0 Å². The molecule has 0 spiro atoms. The second kappa shape index (κ2) is 6.83. The lowest BCUT2D eigenvalue weighted by molar-refractivity contribution is 0.122. The van der Waals surface area contributed by atoms with Crippen molar-refractivity contribution in [1.29, 1.82) is 5.26 Å². The number of ether oxygens (including phenoxy) is 1. The molecular formula is C15H16N6O. The van der Waals surface area contributed by atoms with Gasteiger partial charge < -0.3 is 15.0 Å². The van der Waals surface area contributed by atoms with Crippen LogP contribution in [0.25, 0.3) is 0 Å². The molecule has 112 valence electrons. The van der Waals surface area contributed by atoms with Crippen molar-refractivity contribution in [3.05, 3.63) is 42.0 Å². The average Bonchev–Trinajstić information content (AvgIpc) is 2.61. The SMILES string of the molecule is N#Cc1nccnc1NCc1ccc(N2CCOCC2)nc1. The summed E-state index contributed by atoms with van der Waals surface area (Å²) < 4.78 is 5.34. The fraction of sp³-hybridized carbons (Fsp3) is 0.333. The Labute approximate surface area is 128 Å². The Hall–Kier alpha value is -2.72. The van der Waals surface area contributed by atoms with Gasteiger partial charge in [0.1, 0.15) is 11.9 Å². The van der Waals surface area contributed by atoms with Crippen molar-refractivity contribution in [2.45, 2.75) is 6.54 Å². The predicted octanol–water partition coefficient (Wildman–Crippen LogP) is 1.19. The molecule has 7 nitrogen and oxygen atoms in total. The molecule has 2 aromatic rings. The zero-order chi connectivity index (χ0) is 15.2. The third-order valence-electron chi connectivity index (χ3n) is 3.41. The van der Waals surface area contributed by atoms with Gasteiger partial charge >= 0.3 is 0 Å². The average molecular weight is 296 g/mol. The van der Waals surface area contributed by atoms with Crippen LogP contribution in [0, 0.1) is 11.3 Å². The lowest BCUT2D eigenvalue weighted by Gasteiger charge is -2.27. The van der Waals surface area contributed by atoms with E-state index in [0.717, 1.165) is 37.7 Å². The van der Waals surface area contributed by atoms with Gasteiger partial charge in [-0.2, -0.15) is 5.26 Å². The van der Waals surface area contributed by atoms with Crippen LogP contribution in [0.1, 0.15) is 11.3 Å². The monoisotopic (exact) mass is 296 g/mol. The molecule has 7 heteroatoms. The van der Waals surface area contributed by atoms with Crippen molar-refractivity contribution in [1.82, 2.24) is 15.0 Å². The minimum Gasteiger partial charge on any atom is -0.378 e. The quantitative estimate of drug-likeness (QED) is 0.906. The summed E-state index contributed by atoms with van der Waals surface area (Å²) >= 11 is 0. The Kier molecular flexibility index (Phi) is 4.41. The van der Waals surface area contributed by atoms with Gasteiger partial charge in [0.15, 0.2) is 11.5 Å². The zero-order valence-corrected chi connectivity index (χ0v) is 12.1. The van der Waals surface area contributed by atoms with Gasteiger partial charge in [0, 0.05) is 38.2 Å². The van der Waals surface area contributed by atoms with Crippen molar-refractivity contribution in [2.24, 2.45) is 0 Å². The van der Waals surface area contributed by atoms with E-state index >= 15 is 0 Å². The summed E-state index contributed by atoms with van der Waals surface area (Å²) in [5, 5.41) is 12.1. The van der Waals surface area contributed by atoms with E-state index in [-0.39, 0.29) is 0 Å². The molecule has 0 bridgehead atoms. The van der Waals surface area contributed by atoms with Gasteiger partial charge in [0.25, 0.3) is 0 Å². The first-order valence-corrected chi connectivity index (χ1v) is 7.09. The topological polar surface area (TPSA) is 87.0 Å². The van der Waals surface area contributed by atoms with Gasteiger partial charge in [0.2, 0.25) is 0 Å². The highest BCUT2D eigenvalue weighted by molar-refractivity contribution is 5.47. The molecule has 1 fully saturated rings. The summed E-state index contributed by atoms with van der Waals surface area (Å²) in [5.74, 6) is 1.45. The standard InChI is InChI=1S/C15H16N6O/c16-9-13-15(18-4-3-17-13)20-11-12-1-2-14(19-10-12)21-5-7-22-8-6-21/h1-4,10H,5-8,11H2,(H,18,20). The zero-order valence-electron chi connectivity index (χ0n) is 12.1. The number of nitrogens with one attached hydrogen (secondary N) is 1. The summed E-state index contributed by atoms with van der Waals surface area (Å²) in [7, 11) is 0.